The van der Waals surface area contributed by atoms with Crippen LogP contribution in [0.3, 0.4) is 0 Å². The fourth-order valence-corrected chi connectivity index (χ4v) is 2.08. The topological polar surface area (TPSA) is 28.2 Å². The summed E-state index contributed by atoms with van der Waals surface area (Å²) >= 11 is 0. The van der Waals surface area contributed by atoms with Gasteiger partial charge in [0.2, 0.25) is 0 Å². The van der Waals surface area contributed by atoms with E-state index >= 15 is 0 Å². The van der Waals surface area contributed by atoms with Gasteiger partial charge in [-0.3, -0.25) is 9.88 Å². The maximum absolute atomic E-state index is 4.32. The number of halogens is 1. The highest BCUT2D eigenvalue weighted by atomic mass is 35.5. The predicted molar refractivity (Wildman–Crippen MR) is 69.0 cm³/mol. The van der Waals surface area contributed by atoms with Gasteiger partial charge in [-0.2, -0.15) is 0 Å². The summed E-state index contributed by atoms with van der Waals surface area (Å²) in [6.07, 6.45) is 1.86. The van der Waals surface area contributed by atoms with Crippen molar-refractivity contribution in [2.75, 3.05) is 19.6 Å². The molecule has 0 saturated carbocycles. The molecule has 3 nitrogen and oxygen atoms in total. The van der Waals surface area contributed by atoms with Crippen LogP contribution in [0.5, 0.6) is 0 Å². The molecule has 0 radical (unpaired) electrons. The number of rotatable bonds is 2. The monoisotopic (exact) mass is 241 g/mol. The molecule has 0 spiro atoms. The van der Waals surface area contributed by atoms with Gasteiger partial charge in [-0.15, -0.1) is 12.4 Å². The van der Waals surface area contributed by atoms with E-state index < -0.39 is 0 Å². The molecule has 16 heavy (non-hydrogen) atoms. The highest BCUT2D eigenvalue weighted by Crippen LogP contribution is 2.09. The largest absolute Gasteiger partial charge is 0.312 e. The third-order valence-corrected chi connectivity index (χ3v) is 2.96. The lowest BCUT2D eigenvalue weighted by Crippen LogP contribution is -2.48. The average molecular weight is 242 g/mol. The van der Waals surface area contributed by atoms with Crippen LogP contribution in [0, 0.1) is 6.92 Å². The molecule has 4 heteroatoms. The lowest BCUT2D eigenvalue weighted by molar-refractivity contribution is 0.199. The van der Waals surface area contributed by atoms with Gasteiger partial charge in [-0.25, -0.2) is 0 Å². The maximum atomic E-state index is 4.32. The molecule has 1 unspecified atom stereocenters. The van der Waals surface area contributed by atoms with Gasteiger partial charge in [0.1, 0.15) is 0 Å². The quantitative estimate of drug-likeness (QED) is 0.853. The molecule has 1 aromatic rings. The third kappa shape index (κ3) is 3.44. The van der Waals surface area contributed by atoms with Crippen LogP contribution in [0.25, 0.3) is 0 Å². The molecule has 0 amide bonds. The highest BCUT2D eigenvalue weighted by molar-refractivity contribution is 5.85. The number of hydrogen-bond acceptors (Lipinski definition) is 3. The number of hydrogen-bond donors (Lipinski definition) is 1. The first kappa shape index (κ1) is 13.4. The molecule has 2 heterocycles. The van der Waals surface area contributed by atoms with Crippen LogP contribution in [-0.4, -0.2) is 35.6 Å². The molecule has 1 fully saturated rings. The lowest BCUT2D eigenvalue weighted by Gasteiger charge is -2.32. The zero-order chi connectivity index (χ0) is 10.7. The second-order valence-electron chi connectivity index (χ2n) is 4.34. The zero-order valence-corrected chi connectivity index (χ0v) is 10.8. The van der Waals surface area contributed by atoms with Crippen LogP contribution >= 0.6 is 12.4 Å². The van der Waals surface area contributed by atoms with Crippen LogP contribution in [0.4, 0.5) is 0 Å². The lowest BCUT2D eigenvalue weighted by atomic mass is 10.1. The van der Waals surface area contributed by atoms with Gasteiger partial charge in [0.15, 0.2) is 0 Å². The molecule has 1 aliphatic rings. The van der Waals surface area contributed by atoms with Crippen molar-refractivity contribution in [2.45, 2.75) is 26.4 Å². The standard InChI is InChI=1S/C12H19N3.ClH/c1-10-8-15(7-6-13-10)9-12-4-3-5-14-11(12)2;/h3-5,10,13H,6-9H2,1-2H3;1H. The first-order valence-corrected chi connectivity index (χ1v) is 5.62. The predicted octanol–water partition coefficient (Wildman–Crippen LogP) is 1.61. The van der Waals surface area contributed by atoms with Gasteiger partial charge >= 0.3 is 0 Å². The van der Waals surface area contributed by atoms with E-state index in [4.69, 9.17) is 0 Å². The summed E-state index contributed by atoms with van der Waals surface area (Å²) in [6, 6.07) is 4.80. The molecule has 0 bridgehead atoms. The summed E-state index contributed by atoms with van der Waals surface area (Å²) < 4.78 is 0. The minimum Gasteiger partial charge on any atom is -0.312 e. The number of nitrogens with one attached hydrogen (secondary N) is 1. The van der Waals surface area contributed by atoms with Crippen LogP contribution in [0.1, 0.15) is 18.2 Å². The Hall–Kier alpha value is -0.640. The Labute approximate surface area is 104 Å². The van der Waals surface area contributed by atoms with E-state index in [1.165, 1.54) is 5.56 Å². The van der Waals surface area contributed by atoms with Crippen molar-refractivity contribution in [1.29, 1.82) is 0 Å². The first-order valence-electron chi connectivity index (χ1n) is 5.62. The summed E-state index contributed by atoms with van der Waals surface area (Å²) in [5.74, 6) is 0. The molecule has 1 aliphatic heterocycles. The number of pyridine rings is 1. The second kappa shape index (κ2) is 6.18. The zero-order valence-electron chi connectivity index (χ0n) is 9.94. The van der Waals surface area contributed by atoms with Crippen LogP contribution in [-0.2, 0) is 6.54 Å². The summed E-state index contributed by atoms with van der Waals surface area (Å²) in [6.45, 7) is 8.72. The molecule has 2 rings (SSSR count). The van der Waals surface area contributed by atoms with Gasteiger partial charge in [-0.1, -0.05) is 6.07 Å². The van der Waals surface area contributed by atoms with E-state index in [1.54, 1.807) is 0 Å². The Bertz CT molecular complexity index is 330. The minimum atomic E-state index is 0. The molecule has 1 saturated heterocycles. The Morgan fingerprint density at radius 1 is 1.56 bits per heavy atom. The molecule has 1 atom stereocenters. The van der Waals surface area contributed by atoms with E-state index in [2.05, 4.69) is 35.1 Å². The third-order valence-electron chi connectivity index (χ3n) is 2.96. The van der Waals surface area contributed by atoms with E-state index in [1.807, 2.05) is 12.3 Å². The Morgan fingerprint density at radius 3 is 3.06 bits per heavy atom. The van der Waals surface area contributed by atoms with Crippen molar-refractivity contribution in [3.05, 3.63) is 29.6 Å². The molecule has 0 aliphatic carbocycles. The Balaban J connectivity index is 0.00000128. The van der Waals surface area contributed by atoms with Crippen LogP contribution < -0.4 is 5.32 Å². The van der Waals surface area contributed by atoms with Crippen molar-refractivity contribution >= 4 is 12.4 Å². The van der Waals surface area contributed by atoms with E-state index in [-0.39, 0.29) is 12.4 Å². The van der Waals surface area contributed by atoms with Crippen molar-refractivity contribution in [1.82, 2.24) is 15.2 Å². The number of aryl methyl sites for hydroxylation is 1. The number of aromatic nitrogens is 1. The summed E-state index contributed by atoms with van der Waals surface area (Å²) in [4.78, 5) is 6.81. The molecule has 1 N–H and O–H groups in total. The van der Waals surface area contributed by atoms with Gasteiger partial charge in [-0.05, 0) is 25.5 Å². The second-order valence-corrected chi connectivity index (χ2v) is 4.34. The van der Waals surface area contributed by atoms with E-state index in [0.29, 0.717) is 6.04 Å². The molecular formula is C12H20ClN3. The first-order chi connectivity index (χ1) is 7.25. The van der Waals surface area contributed by atoms with Gasteiger partial charge in [0.05, 0.1) is 0 Å². The number of nitrogens with zero attached hydrogens (tertiary/aromatic N) is 2. The summed E-state index contributed by atoms with van der Waals surface area (Å²) in [5.41, 5.74) is 2.51. The highest BCUT2D eigenvalue weighted by Gasteiger charge is 2.15. The van der Waals surface area contributed by atoms with Gasteiger partial charge < -0.3 is 5.32 Å². The van der Waals surface area contributed by atoms with Gasteiger partial charge in [0.25, 0.3) is 0 Å². The minimum absolute atomic E-state index is 0. The maximum Gasteiger partial charge on any atom is 0.0417 e. The molecule has 90 valence electrons. The van der Waals surface area contributed by atoms with Crippen LogP contribution in [0.15, 0.2) is 18.3 Å². The van der Waals surface area contributed by atoms with E-state index in [0.717, 1.165) is 31.9 Å². The van der Waals surface area contributed by atoms with Crippen molar-refractivity contribution in [3.8, 4) is 0 Å². The SMILES string of the molecule is Cc1ncccc1CN1CCNC(C)C1.Cl. The van der Waals surface area contributed by atoms with Crippen LogP contribution in [0.2, 0.25) is 0 Å². The van der Waals surface area contributed by atoms with Crippen molar-refractivity contribution < 1.29 is 0 Å². The van der Waals surface area contributed by atoms with Crippen molar-refractivity contribution in [3.63, 3.8) is 0 Å². The Kier molecular flexibility index (Phi) is 5.19. The smallest absolute Gasteiger partial charge is 0.0417 e. The normalized spacial score (nSPS) is 21.5. The fourth-order valence-electron chi connectivity index (χ4n) is 2.08. The van der Waals surface area contributed by atoms with E-state index in [9.17, 15) is 0 Å². The molecular weight excluding hydrogens is 222 g/mol. The van der Waals surface area contributed by atoms with Gasteiger partial charge in [0, 0.05) is 44.1 Å². The number of piperazine rings is 1. The average Bonchev–Trinajstić information content (AvgIpc) is 2.22. The fraction of sp³-hybridized carbons (Fsp3) is 0.583. The molecule has 1 aromatic heterocycles. The summed E-state index contributed by atoms with van der Waals surface area (Å²) in [5, 5.41) is 3.46. The summed E-state index contributed by atoms with van der Waals surface area (Å²) in [7, 11) is 0. The Morgan fingerprint density at radius 2 is 2.38 bits per heavy atom. The molecule has 0 aromatic carbocycles. The van der Waals surface area contributed by atoms with Crippen molar-refractivity contribution in [2.24, 2.45) is 0 Å².